The molecule has 1 aromatic rings. The monoisotopic (exact) mass is 248 g/mol. The zero-order valence-corrected chi connectivity index (χ0v) is 8.79. The summed E-state index contributed by atoms with van der Waals surface area (Å²) in [6.07, 6.45) is -4.18. The van der Waals surface area contributed by atoms with Gasteiger partial charge in [-0.3, -0.25) is 4.79 Å². The van der Waals surface area contributed by atoms with Gasteiger partial charge < -0.3 is 10.4 Å². The van der Waals surface area contributed by atoms with Gasteiger partial charge in [0.1, 0.15) is 11.5 Å². The number of rotatable bonds is 5. The predicted molar refractivity (Wildman–Crippen MR) is 54.6 cm³/mol. The van der Waals surface area contributed by atoms with E-state index in [0.29, 0.717) is 6.42 Å². The molecular weight excluding hydrogens is 237 g/mol. The Morgan fingerprint density at radius 1 is 1.41 bits per heavy atom. The molecule has 0 aliphatic carbocycles. The smallest absolute Gasteiger partial charge is 0.433 e. The van der Waals surface area contributed by atoms with Crippen molar-refractivity contribution in [2.75, 3.05) is 11.9 Å². The van der Waals surface area contributed by atoms with E-state index in [1.54, 1.807) is 0 Å². The van der Waals surface area contributed by atoms with E-state index >= 15 is 0 Å². The summed E-state index contributed by atoms with van der Waals surface area (Å²) in [6, 6.07) is 3.52. The van der Waals surface area contributed by atoms with Crippen LogP contribution in [0.3, 0.4) is 0 Å². The number of nitrogens with one attached hydrogen (secondary N) is 1. The fourth-order valence-electron chi connectivity index (χ4n) is 1.15. The zero-order valence-electron chi connectivity index (χ0n) is 8.79. The van der Waals surface area contributed by atoms with Gasteiger partial charge in [-0.05, 0) is 18.6 Å². The molecule has 1 heterocycles. The Labute approximate surface area is 95.5 Å². The fraction of sp³-hybridized carbons (Fsp3) is 0.400. The number of carbonyl (C=O) groups is 1. The second-order valence-corrected chi connectivity index (χ2v) is 3.33. The minimum absolute atomic E-state index is 0.0358. The summed E-state index contributed by atoms with van der Waals surface area (Å²) < 4.78 is 36.9. The maximum absolute atomic E-state index is 12.3. The molecule has 0 aromatic carbocycles. The highest BCUT2D eigenvalue weighted by atomic mass is 19.4. The SMILES string of the molecule is O=C(O)CCCNc1cccc(C(F)(F)F)n1. The number of aromatic nitrogens is 1. The van der Waals surface area contributed by atoms with Gasteiger partial charge in [0.05, 0.1) is 0 Å². The van der Waals surface area contributed by atoms with Crippen molar-refractivity contribution in [1.82, 2.24) is 4.98 Å². The van der Waals surface area contributed by atoms with Gasteiger partial charge in [0.25, 0.3) is 0 Å². The summed E-state index contributed by atoms with van der Waals surface area (Å²) in [5, 5.41) is 11.0. The molecule has 0 unspecified atom stereocenters. The Kier molecular flexibility index (Phi) is 4.30. The molecule has 0 saturated heterocycles. The van der Waals surface area contributed by atoms with Crippen LogP contribution in [0.5, 0.6) is 0 Å². The van der Waals surface area contributed by atoms with Crippen molar-refractivity contribution in [2.45, 2.75) is 19.0 Å². The number of anilines is 1. The minimum atomic E-state index is -4.47. The third-order valence-electron chi connectivity index (χ3n) is 1.91. The van der Waals surface area contributed by atoms with Gasteiger partial charge in [0, 0.05) is 13.0 Å². The van der Waals surface area contributed by atoms with E-state index in [0.717, 1.165) is 6.07 Å². The summed E-state index contributed by atoms with van der Waals surface area (Å²) in [4.78, 5) is 13.6. The topological polar surface area (TPSA) is 62.2 Å². The van der Waals surface area contributed by atoms with Crippen molar-refractivity contribution in [1.29, 1.82) is 0 Å². The van der Waals surface area contributed by atoms with Crippen LogP contribution in [0, 0.1) is 0 Å². The normalized spacial score (nSPS) is 11.2. The quantitative estimate of drug-likeness (QED) is 0.785. The molecular formula is C10H11F3N2O2. The van der Waals surface area contributed by atoms with Crippen LogP contribution >= 0.6 is 0 Å². The molecule has 0 saturated carbocycles. The summed E-state index contributed by atoms with van der Waals surface area (Å²) in [6.45, 7) is 0.264. The number of hydrogen-bond acceptors (Lipinski definition) is 3. The highest BCUT2D eigenvalue weighted by Crippen LogP contribution is 2.28. The third kappa shape index (κ3) is 4.71. The van der Waals surface area contributed by atoms with Crippen LogP contribution in [-0.2, 0) is 11.0 Å². The number of alkyl halides is 3. The first kappa shape index (κ1) is 13.3. The van der Waals surface area contributed by atoms with Crippen LogP contribution in [0.15, 0.2) is 18.2 Å². The second kappa shape index (κ2) is 5.51. The number of nitrogens with zero attached hydrogens (tertiary/aromatic N) is 1. The van der Waals surface area contributed by atoms with Gasteiger partial charge in [0.2, 0.25) is 0 Å². The van der Waals surface area contributed by atoms with Crippen LogP contribution in [0.4, 0.5) is 19.0 Å². The molecule has 1 aromatic heterocycles. The van der Waals surface area contributed by atoms with Gasteiger partial charge in [-0.2, -0.15) is 13.2 Å². The van der Waals surface area contributed by atoms with Crippen molar-refractivity contribution in [3.05, 3.63) is 23.9 Å². The van der Waals surface area contributed by atoms with Crippen LogP contribution in [0.2, 0.25) is 0 Å². The van der Waals surface area contributed by atoms with Gasteiger partial charge in [-0.15, -0.1) is 0 Å². The standard InChI is InChI=1S/C10H11F3N2O2/c11-10(12,13)7-3-1-4-8(15-7)14-6-2-5-9(16)17/h1,3-4H,2,5-6H2,(H,14,15)(H,16,17). The van der Waals surface area contributed by atoms with E-state index < -0.39 is 17.8 Å². The van der Waals surface area contributed by atoms with E-state index in [2.05, 4.69) is 10.3 Å². The largest absolute Gasteiger partial charge is 0.481 e. The molecule has 4 nitrogen and oxygen atoms in total. The van der Waals surface area contributed by atoms with E-state index in [4.69, 9.17) is 5.11 Å². The van der Waals surface area contributed by atoms with Gasteiger partial charge in [-0.1, -0.05) is 6.07 Å². The van der Waals surface area contributed by atoms with E-state index in [1.165, 1.54) is 12.1 Å². The number of hydrogen-bond donors (Lipinski definition) is 2. The summed E-state index contributed by atoms with van der Waals surface area (Å²) in [7, 11) is 0. The molecule has 2 N–H and O–H groups in total. The van der Waals surface area contributed by atoms with Gasteiger partial charge >= 0.3 is 12.1 Å². The highest BCUT2D eigenvalue weighted by molar-refractivity contribution is 5.66. The molecule has 0 amide bonds. The van der Waals surface area contributed by atoms with Crippen LogP contribution in [0.25, 0.3) is 0 Å². The Morgan fingerprint density at radius 3 is 2.71 bits per heavy atom. The van der Waals surface area contributed by atoms with Crippen LogP contribution in [0.1, 0.15) is 18.5 Å². The average molecular weight is 248 g/mol. The number of aliphatic carboxylic acids is 1. The van der Waals surface area contributed by atoms with Crippen molar-refractivity contribution < 1.29 is 23.1 Å². The summed E-state index contributed by atoms with van der Waals surface area (Å²) in [5.74, 6) is -0.853. The number of carboxylic acids is 1. The molecule has 0 atom stereocenters. The Hall–Kier alpha value is -1.79. The maximum atomic E-state index is 12.3. The Bertz CT molecular complexity index is 393. The molecule has 0 radical (unpaired) electrons. The highest BCUT2D eigenvalue weighted by Gasteiger charge is 2.32. The van der Waals surface area contributed by atoms with E-state index in [-0.39, 0.29) is 18.8 Å². The lowest BCUT2D eigenvalue weighted by molar-refractivity contribution is -0.141. The van der Waals surface area contributed by atoms with Gasteiger partial charge in [-0.25, -0.2) is 4.98 Å². The van der Waals surface area contributed by atoms with Crippen molar-refractivity contribution in [2.24, 2.45) is 0 Å². The molecule has 0 aliphatic rings. The first-order valence-corrected chi connectivity index (χ1v) is 4.89. The van der Waals surface area contributed by atoms with Gasteiger partial charge in [0.15, 0.2) is 0 Å². The van der Waals surface area contributed by atoms with Crippen molar-refractivity contribution in [3.8, 4) is 0 Å². The van der Waals surface area contributed by atoms with Crippen molar-refractivity contribution in [3.63, 3.8) is 0 Å². The lowest BCUT2D eigenvalue weighted by Crippen LogP contribution is -2.11. The molecule has 1 rings (SSSR count). The molecule has 0 fully saturated rings. The minimum Gasteiger partial charge on any atom is -0.481 e. The third-order valence-corrected chi connectivity index (χ3v) is 1.91. The first-order chi connectivity index (χ1) is 7.89. The van der Waals surface area contributed by atoms with E-state index in [9.17, 15) is 18.0 Å². The molecule has 0 bridgehead atoms. The Morgan fingerprint density at radius 2 is 2.12 bits per heavy atom. The molecule has 0 spiro atoms. The molecule has 7 heteroatoms. The van der Waals surface area contributed by atoms with Crippen molar-refractivity contribution >= 4 is 11.8 Å². The number of pyridine rings is 1. The first-order valence-electron chi connectivity index (χ1n) is 4.89. The molecule has 0 aliphatic heterocycles. The fourth-order valence-corrected chi connectivity index (χ4v) is 1.15. The lowest BCUT2D eigenvalue weighted by atomic mass is 10.3. The maximum Gasteiger partial charge on any atom is 0.433 e. The lowest BCUT2D eigenvalue weighted by Gasteiger charge is -2.08. The average Bonchev–Trinajstić information content (AvgIpc) is 2.23. The second-order valence-electron chi connectivity index (χ2n) is 3.33. The van der Waals surface area contributed by atoms with E-state index in [1.807, 2.05) is 0 Å². The molecule has 94 valence electrons. The number of carboxylic acid groups (broad SMARTS) is 1. The van der Waals surface area contributed by atoms with Crippen LogP contribution in [-0.4, -0.2) is 22.6 Å². The predicted octanol–water partition coefficient (Wildman–Crippen LogP) is 2.38. The Balaban J connectivity index is 2.52. The zero-order chi connectivity index (χ0) is 12.9. The summed E-state index contributed by atoms with van der Waals surface area (Å²) in [5.41, 5.74) is -0.972. The number of halogens is 3. The van der Waals surface area contributed by atoms with Crippen LogP contribution < -0.4 is 5.32 Å². The summed E-state index contributed by atoms with van der Waals surface area (Å²) >= 11 is 0. The molecule has 17 heavy (non-hydrogen) atoms.